The molecular weight excluding hydrogens is 434 g/mol. The molecule has 0 radical (unpaired) electrons. The maximum atomic E-state index is 10.8. The van der Waals surface area contributed by atoms with Gasteiger partial charge in [0.15, 0.2) is 0 Å². The number of carbonyl (C=O) groups is 1. The van der Waals surface area contributed by atoms with Crippen molar-refractivity contribution < 1.29 is 23.8 Å². The number of anilines is 1. The zero-order chi connectivity index (χ0) is 23.5. The molecule has 2 aromatic carbocycles. The molecule has 0 saturated heterocycles. The molecule has 4 aromatic rings. The Balaban J connectivity index is 1.55. The smallest absolute Gasteiger partial charge is 0.329 e. The van der Waals surface area contributed by atoms with Crippen molar-refractivity contribution in [2.24, 2.45) is 0 Å². The Morgan fingerprint density at radius 3 is 2.62 bits per heavy atom. The van der Waals surface area contributed by atoms with Crippen molar-refractivity contribution in [1.82, 2.24) is 9.97 Å². The predicted molar refractivity (Wildman–Crippen MR) is 128 cm³/mol. The number of nitrogens with one attached hydrogen (secondary N) is 1. The SMILES string of the molecule is COc1ccc(-c2c(-c3ccccc3)oc3ncnc(N[C@H]4CC[C@@H](OCC(=O)O)C4)c23)cc1. The van der Waals surface area contributed by atoms with Gasteiger partial charge >= 0.3 is 5.97 Å². The van der Waals surface area contributed by atoms with Gasteiger partial charge in [0.25, 0.3) is 0 Å². The number of carboxylic acid groups (broad SMARTS) is 1. The highest BCUT2D eigenvalue weighted by Crippen LogP contribution is 2.43. The Kier molecular flexibility index (Phi) is 6.14. The van der Waals surface area contributed by atoms with E-state index in [4.69, 9.17) is 19.0 Å². The molecule has 174 valence electrons. The van der Waals surface area contributed by atoms with Crippen molar-refractivity contribution >= 4 is 22.9 Å². The number of nitrogens with zero attached hydrogens (tertiary/aromatic N) is 2. The number of aliphatic carboxylic acids is 1. The number of methoxy groups -OCH3 is 1. The fourth-order valence-corrected chi connectivity index (χ4v) is 4.47. The van der Waals surface area contributed by atoms with Crippen LogP contribution in [0.2, 0.25) is 0 Å². The lowest BCUT2D eigenvalue weighted by Gasteiger charge is -2.15. The van der Waals surface area contributed by atoms with Crippen LogP contribution in [-0.2, 0) is 9.53 Å². The predicted octanol–water partition coefficient (Wildman–Crippen LogP) is 5.00. The van der Waals surface area contributed by atoms with Crippen LogP contribution in [0.15, 0.2) is 65.3 Å². The topological polar surface area (TPSA) is 107 Å². The van der Waals surface area contributed by atoms with Crippen molar-refractivity contribution in [2.45, 2.75) is 31.4 Å². The molecule has 1 fully saturated rings. The number of rotatable bonds is 8. The third-order valence-electron chi connectivity index (χ3n) is 6.07. The molecule has 0 unspecified atom stereocenters. The summed E-state index contributed by atoms with van der Waals surface area (Å²) in [5, 5.41) is 13.2. The van der Waals surface area contributed by atoms with Gasteiger partial charge in [0, 0.05) is 17.2 Å². The van der Waals surface area contributed by atoms with Crippen LogP contribution in [0.25, 0.3) is 33.6 Å². The molecule has 1 saturated carbocycles. The van der Waals surface area contributed by atoms with Crippen LogP contribution >= 0.6 is 0 Å². The minimum Gasteiger partial charge on any atom is -0.497 e. The molecule has 2 atom stereocenters. The van der Waals surface area contributed by atoms with E-state index in [0.29, 0.717) is 18.0 Å². The van der Waals surface area contributed by atoms with E-state index in [9.17, 15) is 4.79 Å². The zero-order valence-corrected chi connectivity index (χ0v) is 18.7. The van der Waals surface area contributed by atoms with E-state index in [0.717, 1.165) is 46.4 Å². The molecule has 2 aromatic heterocycles. The summed E-state index contributed by atoms with van der Waals surface area (Å²) in [7, 11) is 1.64. The summed E-state index contributed by atoms with van der Waals surface area (Å²) < 4.78 is 17.1. The number of fused-ring (bicyclic) bond motifs is 1. The summed E-state index contributed by atoms with van der Waals surface area (Å²) in [6, 6.07) is 17.9. The maximum Gasteiger partial charge on any atom is 0.329 e. The van der Waals surface area contributed by atoms with E-state index >= 15 is 0 Å². The molecule has 0 spiro atoms. The molecule has 1 aliphatic rings. The molecule has 8 heteroatoms. The van der Waals surface area contributed by atoms with Crippen molar-refractivity contribution in [3.63, 3.8) is 0 Å². The lowest BCUT2D eigenvalue weighted by molar-refractivity contribution is -0.144. The van der Waals surface area contributed by atoms with Gasteiger partial charge < -0.3 is 24.3 Å². The molecule has 1 aliphatic carbocycles. The first-order valence-electron chi connectivity index (χ1n) is 11.2. The second-order valence-corrected chi connectivity index (χ2v) is 8.28. The van der Waals surface area contributed by atoms with Gasteiger partial charge in [-0.25, -0.2) is 14.8 Å². The van der Waals surface area contributed by atoms with Gasteiger partial charge in [-0.05, 0) is 37.0 Å². The zero-order valence-electron chi connectivity index (χ0n) is 18.7. The summed E-state index contributed by atoms with van der Waals surface area (Å²) in [6.45, 7) is -0.279. The van der Waals surface area contributed by atoms with Gasteiger partial charge in [0.2, 0.25) is 5.71 Å². The number of hydrogen-bond acceptors (Lipinski definition) is 7. The summed E-state index contributed by atoms with van der Waals surface area (Å²) in [6.07, 6.45) is 3.77. The van der Waals surface area contributed by atoms with Crippen LogP contribution in [-0.4, -0.2) is 46.9 Å². The first-order valence-corrected chi connectivity index (χ1v) is 11.2. The highest BCUT2D eigenvalue weighted by molar-refractivity contribution is 6.05. The number of furan rings is 1. The molecule has 2 heterocycles. The van der Waals surface area contributed by atoms with E-state index < -0.39 is 5.97 Å². The number of ether oxygens (including phenoxy) is 2. The standard InChI is InChI=1S/C26H25N3O5/c1-32-19-10-7-16(8-11-19)22-23-25(29-18-9-12-20(13-18)33-14-21(30)31)27-15-28-26(23)34-24(22)17-5-3-2-4-6-17/h2-8,10-11,15,18,20H,9,12-14H2,1H3,(H,30,31)(H,27,28,29)/t18-,20+/m0/s1. The average Bonchev–Trinajstić information content (AvgIpc) is 3.48. The molecular formula is C26H25N3O5. The molecule has 5 rings (SSSR count). The highest BCUT2D eigenvalue weighted by atomic mass is 16.5. The summed E-state index contributed by atoms with van der Waals surface area (Å²) in [4.78, 5) is 19.8. The first kappa shape index (κ1) is 21.9. The van der Waals surface area contributed by atoms with E-state index in [1.807, 2.05) is 54.6 Å². The van der Waals surface area contributed by atoms with Crippen LogP contribution in [0.4, 0.5) is 5.82 Å². The fraction of sp³-hybridized carbons (Fsp3) is 0.269. The Morgan fingerprint density at radius 1 is 1.09 bits per heavy atom. The molecule has 2 N–H and O–H groups in total. The number of benzene rings is 2. The Hall–Kier alpha value is -3.91. The van der Waals surface area contributed by atoms with Crippen molar-refractivity contribution in [1.29, 1.82) is 0 Å². The third-order valence-corrected chi connectivity index (χ3v) is 6.07. The van der Waals surface area contributed by atoms with Gasteiger partial charge in [0.1, 0.15) is 30.3 Å². The van der Waals surface area contributed by atoms with E-state index in [-0.39, 0.29) is 18.8 Å². The minimum absolute atomic E-state index is 0.0868. The second-order valence-electron chi connectivity index (χ2n) is 8.28. The van der Waals surface area contributed by atoms with Gasteiger partial charge in [-0.1, -0.05) is 42.5 Å². The fourth-order valence-electron chi connectivity index (χ4n) is 4.47. The van der Waals surface area contributed by atoms with Crippen LogP contribution in [0.5, 0.6) is 5.75 Å². The minimum atomic E-state index is -0.954. The number of hydrogen-bond donors (Lipinski definition) is 2. The quantitative estimate of drug-likeness (QED) is 0.379. The normalized spacial score (nSPS) is 17.7. The highest BCUT2D eigenvalue weighted by Gasteiger charge is 2.28. The van der Waals surface area contributed by atoms with Crippen LogP contribution in [0, 0.1) is 0 Å². The van der Waals surface area contributed by atoms with Crippen molar-refractivity contribution in [3.8, 4) is 28.2 Å². The monoisotopic (exact) mass is 459 g/mol. The summed E-state index contributed by atoms with van der Waals surface area (Å²) >= 11 is 0. The molecule has 34 heavy (non-hydrogen) atoms. The first-order chi connectivity index (χ1) is 16.6. The summed E-state index contributed by atoms with van der Waals surface area (Å²) in [5.74, 6) is 1.22. The number of aromatic nitrogens is 2. The summed E-state index contributed by atoms with van der Waals surface area (Å²) in [5.41, 5.74) is 3.31. The average molecular weight is 460 g/mol. The lowest BCUT2D eigenvalue weighted by Crippen LogP contribution is -2.20. The maximum absolute atomic E-state index is 10.8. The van der Waals surface area contributed by atoms with E-state index in [1.165, 1.54) is 6.33 Å². The van der Waals surface area contributed by atoms with Crippen molar-refractivity contribution in [3.05, 3.63) is 60.9 Å². The van der Waals surface area contributed by atoms with Crippen LogP contribution in [0.1, 0.15) is 19.3 Å². The Bertz CT molecular complexity index is 1290. The third kappa shape index (κ3) is 4.45. The largest absolute Gasteiger partial charge is 0.497 e. The van der Waals surface area contributed by atoms with E-state index in [2.05, 4.69) is 15.3 Å². The van der Waals surface area contributed by atoms with Gasteiger partial charge in [-0.2, -0.15) is 0 Å². The molecule has 0 aliphatic heterocycles. The lowest BCUT2D eigenvalue weighted by atomic mass is 9.99. The van der Waals surface area contributed by atoms with Gasteiger partial charge in [-0.15, -0.1) is 0 Å². The Labute approximate surface area is 196 Å². The van der Waals surface area contributed by atoms with Crippen LogP contribution < -0.4 is 10.1 Å². The van der Waals surface area contributed by atoms with E-state index in [1.54, 1.807) is 7.11 Å². The van der Waals surface area contributed by atoms with Crippen LogP contribution in [0.3, 0.4) is 0 Å². The molecule has 0 amide bonds. The number of carboxylic acids is 1. The van der Waals surface area contributed by atoms with Crippen molar-refractivity contribution in [2.75, 3.05) is 19.0 Å². The van der Waals surface area contributed by atoms with Gasteiger partial charge in [-0.3, -0.25) is 0 Å². The Morgan fingerprint density at radius 2 is 1.88 bits per heavy atom. The molecule has 8 nitrogen and oxygen atoms in total. The molecule has 0 bridgehead atoms. The second kappa shape index (κ2) is 9.52. The van der Waals surface area contributed by atoms with Gasteiger partial charge in [0.05, 0.1) is 18.6 Å².